The summed E-state index contributed by atoms with van der Waals surface area (Å²) in [6, 6.07) is 7.68. The number of nitrogens with zero attached hydrogens (tertiary/aromatic N) is 4. The molecule has 0 aromatic carbocycles. The molecule has 0 unspecified atom stereocenters. The minimum absolute atomic E-state index is 0.00300. The molecule has 4 heterocycles. The Balaban J connectivity index is 1.63. The van der Waals surface area contributed by atoms with Gasteiger partial charge in [0.15, 0.2) is 5.69 Å². The van der Waals surface area contributed by atoms with E-state index in [4.69, 9.17) is 0 Å². The standard InChI is InChI=1S/C17H17N5OS/c23-16(22-8-3-4-9-22)14-15-13(6-10-24-15)20-17(21-14)19-11-12-5-1-2-7-18-12/h1-2,5-7,10H,3-4,8-9,11H2,(H,19,20,21). The van der Waals surface area contributed by atoms with Crippen molar-refractivity contribution in [2.45, 2.75) is 19.4 Å². The molecule has 1 amide bonds. The van der Waals surface area contributed by atoms with E-state index in [1.807, 2.05) is 34.5 Å². The number of hydrogen-bond donors (Lipinski definition) is 1. The smallest absolute Gasteiger partial charge is 0.274 e. The van der Waals surface area contributed by atoms with Crippen LogP contribution in [0.3, 0.4) is 0 Å². The van der Waals surface area contributed by atoms with Gasteiger partial charge in [0, 0.05) is 19.3 Å². The molecular weight excluding hydrogens is 322 g/mol. The largest absolute Gasteiger partial charge is 0.349 e. The number of thiophene rings is 1. The molecule has 3 aromatic rings. The zero-order valence-corrected chi connectivity index (χ0v) is 13.9. The van der Waals surface area contributed by atoms with Gasteiger partial charge in [-0.3, -0.25) is 9.78 Å². The van der Waals surface area contributed by atoms with Gasteiger partial charge in [0.05, 0.1) is 22.5 Å². The van der Waals surface area contributed by atoms with E-state index < -0.39 is 0 Å². The van der Waals surface area contributed by atoms with Crippen LogP contribution in [0.15, 0.2) is 35.8 Å². The fourth-order valence-corrected chi connectivity index (χ4v) is 3.64. The maximum absolute atomic E-state index is 12.8. The molecule has 0 radical (unpaired) electrons. The average molecular weight is 339 g/mol. The second-order valence-electron chi connectivity index (χ2n) is 5.70. The lowest BCUT2D eigenvalue weighted by atomic mass is 10.3. The average Bonchev–Trinajstić information content (AvgIpc) is 3.31. The Kier molecular flexibility index (Phi) is 4.08. The van der Waals surface area contributed by atoms with Crippen molar-refractivity contribution in [3.8, 4) is 0 Å². The minimum atomic E-state index is 0.00300. The molecule has 6 nitrogen and oxygen atoms in total. The SMILES string of the molecule is O=C(c1nc(NCc2ccccn2)nc2ccsc12)N1CCCC1. The number of fused-ring (bicyclic) bond motifs is 1. The van der Waals surface area contributed by atoms with E-state index in [1.165, 1.54) is 11.3 Å². The van der Waals surface area contributed by atoms with E-state index in [2.05, 4.69) is 20.3 Å². The molecule has 0 bridgehead atoms. The van der Waals surface area contributed by atoms with Crippen molar-refractivity contribution in [3.05, 3.63) is 47.2 Å². The van der Waals surface area contributed by atoms with Gasteiger partial charge in [0.25, 0.3) is 5.91 Å². The van der Waals surface area contributed by atoms with E-state index in [0.717, 1.165) is 41.8 Å². The molecular formula is C17H17N5OS. The monoisotopic (exact) mass is 339 g/mol. The van der Waals surface area contributed by atoms with E-state index in [9.17, 15) is 4.79 Å². The fraction of sp³-hybridized carbons (Fsp3) is 0.294. The highest BCUT2D eigenvalue weighted by Crippen LogP contribution is 2.25. The normalized spacial score (nSPS) is 14.2. The molecule has 24 heavy (non-hydrogen) atoms. The van der Waals surface area contributed by atoms with E-state index in [0.29, 0.717) is 18.2 Å². The summed E-state index contributed by atoms with van der Waals surface area (Å²) in [6.07, 6.45) is 3.88. The second kappa shape index (κ2) is 6.52. The van der Waals surface area contributed by atoms with Crippen LogP contribution in [0.4, 0.5) is 5.95 Å². The lowest BCUT2D eigenvalue weighted by molar-refractivity contribution is 0.0789. The third kappa shape index (κ3) is 2.94. The van der Waals surface area contributed by atoms with Crippen molar-refractivity contribution in [2.24, 2.45) is 0 Å². The number of anilines is 1. The number of likely N-dealkylation sites (tertiary alicyclic amines) is 1. The van der Waals surface area contributed by atoms with Crippen molar-refractivity contribution >= 4 is 33.4 Å². The highest BCUT2D eigenvalue weighted by atomic mass is 32.1. The Morgan fingerprint density at radius 2 is 2.08 bits per heavy atom. The third-order valence-electron chi connectivity index (χ3n) is 4.05. The van der Waals surface area contributed by atoms with Gasteiger partial charge >= 0.3 is 0 Å². The molecule has 7 heteroatoms. The van der Waals surface area contributed by atoms with E-state index in [1.54, 1.807) is 6.20 Å². The predicted molar refractivity (Wildman–Crippen MR) is 94.1 cm³/mol. The van der Waals surface area contributed by atoms with Gasteiger partial charge < -0.3 is 10.2 Å². The Hall–Kier alpha value is -2.54. The van der Waals surface area contributed by atoms with Gasteiger partial charge in [-0.25, -0.2) is 9.97 Å². The maximum atomic E-state index is 12.8. The zero-order chi connectivity index (χ0) is 16.4. The third-order valence-corrected chi connectivity index (χ3v) is 4.96. The highest BCUT2D eigenvalue weighted by Gasteiger charge is 2.24. The molecule has 4 rings (SSSR count). The Bertz CT molecular complexity index is 858. The number of hydrogen-bond acceptors (Lipinski definition) is 6. The van der Waals surface area contributed by atoms with Crippen LogP contribution in [-0.4, -0.2) is 38.8 Å². The molecule has 3 aromatic heterocycles. The van der Waals surface area contributed by atoms with Gasteiger partial charge in [-0.05, 0) is 36.4 Å². The van der Waals surface area contributed by atoms with Crippen LogP contribution in [0.25, 0.3) is 10.2 Å². The van der Waals surface area contributed by atoms with Crippen LogP contribution in [0.5, 0.6) is 0 Å². The first-order chi connectivity index (χ1) is 11.8. The number of aromatic nitrogens is 3. The predicted octanol–water partition coefficient (Wildman–Crippen LogP) is 2.93. The summed E-state index contributed by atoms with van der Waals surface area (Å²) in [6.45, 7) is 2.15. The lowest BCUT2D eigenvalue weighted by Crippen LogP contribution is -2.28. The first-order valence-electron chi connectivity index (χ1n) is 7.99. The van der Waals surface area contributed by atoms with Gasteiger partial charge in [-0.2, -0.15) is 0 Å². The van der Waals surface area contributed by atoms with E-state index in [-0.39, 0.29) is 5.91 Å². The Morgan fingerprint density at radius 1 is 1.21 bits per heavy atom. The van der Waals surface area contributed by atoms with Crippen molar-refractivity contribution in [1.29, 1.82) is 0 Å². The highest BCUT2D eigenvalue weighted by molar-refractivity contribution is 7.17. The van der Waals surface area contributed by atoms with E-state index >= 15 is 0 Å². The molecule has 1 saturated heterocycles. The number of rotatable bonds is 4. The van der Waals surface area contributed by atoms with Crippen LogP contribution < -0.4 is 5.32 Å². The molecule has 0 spiro atoms. The van der Waals surface area contributed by atoms with Crippen LogP contribution in [0, 0.1) is 0 Å². The molecule has 1 N–H and O–H groups in total. The van der Waals surface area contributed by atoms with Gasteiger partial charge in [0.2, 0.25) is 5.95 Å². The summed E-state index contributed by atoms with van der Waals surface area (Å²) in [5.74, 6) is 0.470. The summed E-state index contributed by atoms with van der Waals surface area (Å²) >= 11 is 1.51. The van der Waals surface area contributed by atoms with Crippen molar-refractivity contribution < 1.29 is 4.79 Å². The number of pyridine rings is 1. The summed E-state index contributed by atoms with van der Waals surface area (Å²) in [5.41, 5.74) is 2.21. The fourth-order valence-electron chi connectivity index (χ4n) is 2.83. The summed E-state index contributed by atoms with van der Waals surface area (Å²) in [5, 5.41) is 5.12. The molecule has 1 aliphatic rings. The van der Waals surface area contributed by atoms with Crippen LogP contribution in [-0.2, 0) is 6.54 Å². The number of carbonyl (C=O) groups excluding carboxylic acids is 1. The summed E-state index contributed by atoms with van der Waals surface area (Å²) in [4.78, 5) is 28.0. The van der Waals surface area contributed by atoms with Gasteiger partial charge in [-0.15, -0.1) is 11.3 Å². The van der Waals surface area contributed by atoms with Crippen LogP contribution in [0.2, 0.25) is 0 Å². The topological polar surface area (TPSA) is 71.0 Å². The number of carbonyl (C=O) groups is 1. The van der Waals surface area contributed by atoms with Gasteiger partial charge in [-0.1, -0.05) is 6.07 Å². The number of amides is 1. The first kappa shape index (κ1) is 15.0. The van der Waals surface area contributed by atoms with Crippen molar-refractivity contribution in [2.75, 3.05) is 18.4 Å². The minimum Gasteiger partial charge on any atom is -0.349 e. The summed E-state index contributed by atoms with van der Waals surface area (Å²) < 4.78 is 0.857. The first-order valence-corrected chi connectivity index (χ1v) is 8.87. The van der Waals surface area contributed by atoms with Crippen LogP contribution >= 0.6 is 11.3 Å². The van der Waals surface area contributed by atoms with Gasteiger partial charge in [0.1, 0.15) is 0 Å². The zero-order valence-electron chi connectivity index (χ0n) is 13.1. The second-order valence-corrected chi connectivity index (χ2v) is 6.62. The molecule has 1 fully saturated rings. The quantitative estimate of drug-likeness (QED) is 0.791. The maximum Gasteiger partial charge on any atom is 0.274 e. The number of nitrogens with one attached hydrogen (secondary N) is 1. The molecule has 122 valence electrons. The van der Waals surface area contributed by atoms with Crippen LogP contribution in [0.1, 0.15) is 29.0 Å². The Morgan fingerprint density at radius 3 is 2.88 bits per heavy atom. The lowest BCUT2D eigenvalue weighted by Gasteiger charge is -2.15. The van der Waals surface area contributed by atoms with Crippen molar-refractivity contribution in [3.63, 3.8) is 0 Å². The van der Waals surface area contributed by atoms with Crippen molar-refractivity contribution in [1.82, 2.24) is 19.9 Å². The summed E-state index contributed by atoms with van der Waals surface area (Å²) in [7, 11) is 0. The molecule has 1 aliphatic heterocycles. The molecule has 0 atom stereocenters. The Labute approximate surface area is 143 Å². The molecule has 0 saturated carbocycles. The molecule has 0 aliphatic carbocycles.